The van der Waals surface area contributed by atoms with E-state index in [1.54, 1.807) is 0 Å². The first-order valence-electron chi connectivity index (χ1n) is 22.3. The Balaban J connectivity index is 0.951. The largest absolute Gasteiger partial charge is 0.462 e. The maximum absolute atomic E-state index is 15.0. The van der Waals surface area contributed by atoms with E-state index in [4.69, 9.17) is 14.7 Å². The third-order valence-corrected chi connectivity index (χ3v) is 13.8. The van der Waals surface area contributed by atoms with Gasteiger partial charge in [0.25, 0.3) is 0 Å². The molecule has 10 nitrogen and oxygen atoms in total. The standard InChI is InChI=1S/C52H54N8O2/c1-37-15-12-16-38-17-13-25-46(48(37)38)57-30-27-44-45(34-57)54-51(62-36-43-24-14-29-56(43)2)55-49(44)58-31-32-59(42(33-58)26-28-53)50(61)47-35-60(47)52(39-18-6-3-7-19-39,40-20-8-4-9-21-40)41-22-10-5-11-23-41/h3-13,15-23,25,42-43,47H,14,24,26-27,29-36H2,1-2H3. The van der Waals surface area contributed by atoms with Crippen LogP contribution < -0.4 is 14.5 Å². The molecule has 10 rings (SSSR count). The maximum atomic E-state index is 15.0. The number of hydrogen-bond acceptors (Lipinski definition) is 9. The van der Waals surface area contributed by atoms with Crippen molar-refractivity contribution in [3.63, 3.8) is 0 Å². The van der Waals surface area contributed by atoms with E-state index in [2.05, 4.69) is 149 Å². The molecule has 0 saturated carbocycles. The van der Waals surface area contributed by atoms with E-state index in [9.17, 15) is 10.1 Å². The second kappa shape index (κ2) is 16.9. The zero-order valence-electron chi connectivity index (χ0n) is 35.7. The Kier molecular flexibility index (Phi) is 10.8. The van der Waals surface area contributed by atoms with Gasteiger partial charge in [-0.1, -0.05) is 121 Å². The number of fused-ring (bicyclic) bond motifs is 2. The van der Waals surface area contributed by atoms with Crippen molar-refractivity contribution < 1.29 is 9.53 Å². The van der Waals surface area contributed by atoms with Gasteiger partial charge in [-0.15, -0.1) is 0 Å². The quantitative estimate of drug-likeness (QED) is 0.0970. The van der Waals surface area contributed by atoms with Gasteiger partial charge < -0.3 is 24.3 Å². The lowest BCUT2D eigenvalue weighted by Gasteiger charge is -2.43. The summed E-state index contributed by atoms with van der Waals surface area (Å²) in [7, 11) is 2.16. The molecule has 6 aromatic rings. The summed E-state index contributed by atoms with van der Waals surface area (Å²) in [6, 6.07) is 47.2. The summed E-state index contributed by atoms with van der Waals surface area (Å²) in [5, 5.41) is 12.8. The first-order chi connectivity index (χ1) is 30.4. The number of ether oxygens (including phenoxy) is 1. The number of carbonyl (C=O) groups excluding carboxylic acids is 1. The molecule has 0 spiro atoms. The zero-order valence-corrected chi connectivity index (χ0v) is 35.7. The fraction of sp³-hybridized carbons (Fsp3) is 0.346. The van der Waals surface area contributed by atoms with Gasteiger partial charge in [-0.2, -0.15) is 15.2 Å². The van der Waals surface area contributed by atoms with Crippen LogP contribution in [0.5, 0.6) is 6.01 Å². The number of likely N-dealkylation sites (N-methyl/N-ethyl adjacent to an activating group) is 1. The summed E-state index contributed by atoms with van der Waals surface area (Å²) in [6.07, 6.45) is 3.26. The van der Waals surface area contributed by atoms with Crippen LogP contribution in [0.1, 0.15) is 52.8 Å². The SMILES string of the molecule is Cc1cccc2cccc(N3CCc4c(nc(OCC5CCCN5C)nc4N4CCN(C(=O)C5CN5C(c5ccccc5)(c5ccccc5)c5ccccc5)C(CC#N)C4)C3)c12. The normalized spacial score (nSPS) is 21.4. The molecular weight excluding hydrogens is 769 g/mol. The number of likely N-dealkylation sites (tertiary alicyclic amines) is 1. The Hall–Kier alpha value is -6.28. The summed E-state index contributed by atoms with van der Waals surface area (Å²) in [4.78, 5) is 36.7. The second-order valence-corrected chi connectivity index (χ2v) is 17.4. The lowest BCUT2D eigenvalue weighted by Crippen LogP contribution is -2.57. The summed E-state index contributed by atoms with van der Waals surface area (Å²) in [6.45, 7) is 7.47. The molecule has 0 N–H and O–H groups in total. The predicted molar refractivity (Wildman–Crippen MR) is 244 cm³/mol. The molecule has 4 atom stereocenters. The number of hydrogen-bond donors (Lipinski definition) is 0. The Bertz CT molecular complexity index is 2500. The number of nitrogens with zero attached hydrogens (tertiary/aromatic N) is 8. The molecule has 10 heteroatoms. The van der Waals surface area contributed by atoms with Gasteiger partial charge in [-0.25, -0.2) is 0 Å². The highest BCUT2D eigenvalue weighted by Gasteiger charge is 2.57. The lowest BCUT2D eigenvalue weighted by molar-refractivity contribution is -0.134. The average Bonchev–Trinajstić information content (AvgIpc) is 4.01. The number of rotatable bonds is 11. The van der Waals surface area contributed by atoms with Crippen LogP contribution in [0.4, 0.5) is 11.5 Å². The topological polar surface area (TPSA) is 91.8 Å². The highest BCUT2D eigenvalue weighted by Crippen LogP contribution is 2.49. The lowest BCUT2D eigenvalue weighted by atomic mass is 9.76. The molecule has 0 aliphatic carbocycles. The second-order valence-electron chi connectivity index (χ2n) is 17.4. The molecule has 4 aliphatic rings. The van der Waals surface area contributed by atoms with Gasteiger partial charge in [-0.05, 0) is 73.5 Å². The summed E-state index contributed by atoms with van der Waals surface area (Å²) >= 11 is 0. The van der Waals surface area contributed by atoms with E-state index in [-0.39, 0.29) is 24.4 Å². The Morgan fingerprint density at radius 1 is 0.774 bits per heavy atom. The van der Waals surface area contributed by atoms with E-state index in [1.807, 2.05) is 23.1 Å². The van der Waals surface area contributed by atoms with Crippen molar-refractivity contribution in [1.29, 1.82) is 5.26 Å². The summed E-state index contributed by atoms with van der Waals surface area (Å²) in [5.41, 5.74) is 7.26. The van der Waals surface area contributed by atoms with E-state index in [1.165, 1.54) is 22.0 Å². The van der Waals surface area contributed by atoms with Crippen LogP contribution in [0.3, 0.4) is 0 Å². The Morgan fingerprint density at radius 3 is 2.10 bits per heavy atom. The summed E-state index contributed by atoms with van der Waals surface area (Å²) in [5.74, 6) is 0.949. The van der Waals surface area contributed by atoms with Crippen LogP contribution in [0.2, 0.25) is 0 Å². The molecule has 4 aliphatic heterocycles. The minimum Gasteiger partial charge on any atom is -0.462 e. The first-order valence-corrected chi connectivity index (χ1v) is 22.3. The van der Waals surface area contributed by atoms with Gasteiger partial charge in [0.2, 0.25) is 5.91 Å². The van der Waals surface area contributed by atoms with Crippen LogP contribution in [0, 0.1) is 18.3 Å². The number of piperazine rings is 1. The molecule has 0 bridgehead atoms. The van der Waals surface area contributed by atoms with Gasteiger partial charge in [-0.3, -0.25) is 9.69 Å². The molecule has 1 amide bonds. The van der Waals surface area contributed by atoms with Crippen molar-refractivity contribution in [3.8, 4) is 12.1 Å². The fourth-order valence-electron chi connectivity index (χ4n) is 10.6. The fourth-order valence-corrected chi connectivity index (χ4v) is 10.6. The smallest absolute Gasteiger partial charge is 0.318 e. The van der Waals surface area contributed by atoms with Crippen molar-refractivity contribution >= 4 is 28.2 Å². The molecule has 1 aromatic heterocycles. The van der Waals surface area contributed by atoms with Gasteiger partial charge in [0.1, 0.15) is 18.5 Å². The number of benzene rings is 5. The predicted octanol–water partition coefficient (Wildman–Crippen LogP) is 7.58. The molecule has 62 heavy (non-hydrogen) atoms. The van der Waals surface area contributed by atoms with E-state index < -0.39 is 5.54 Å². The molecule has 314 valence electrons. The maximum Gasteiger partial charge on any atom is 0.318 e. The number of carbonyl (C=O) groups is 1. The zero-order chi connectivity index (χ0) is 42.2. The number of aromatic nitrogens is 2. The van der Waals surface area contributed by atoms with Gasteiger partial charge in [0, 0.05) is 55.4 Å². The molecule has 5 heterocycles. The highest BCUT2D eigenvalue weighted by molar-refractivity contribution is 5.97. The first kappa shape index (κ1) is 39.8. The Morgan fingerprint density at radius 2 is 1.45 bits per heavy atom. The molecule has 3 fully saturated rings. The third-order valence-electron chi connectivity index (χ3n) is 13.8. The van der Waals surface area contributed by atoms with Crippen LogP contribution in [-0.2, 0) is 23.3 Å². The molecule has 3 saturated heterocycles. The highest BCUT2D eigenvalue weighted by atomic mass is 16.5. The van der Waals surface area contributed by atoms with E-state index >= 15 is 0 Å². The monoisotopic (exact) mass is 822 g/mol. The van der Waals surface area contributed by atoms with E-state index in [0.717, 1.165) is 66.1 Å². The Labute approximate surface area is 365 Å². The molecular formula is C52H54N8O2. The van der Waals surface area contributed by atoms with Gasteiger partial charge >= 0.3 is 6.01 Å². The summed E-state index contributed by atoms with van der Waals surface area (Å²) < 4.78 is 6.48. The van der Waals surface area contributed by atoms with Crippen molar-refractivity contribution in [2.75, 3.05) is 62.7 Å². The van der Waals surface area contributed by atoms with Crippen LogP contribution in [-0.4, -0.2) is 102 Å². The number of amides is 1. The van der Waals surface area contributed by atoms with Crippen molar-refractivity contribution in [3.05, 3.63) is 161 Å². The minimum atomic E-state index is -0.668. The van der Waals surface area contributed by atoms with Crippen molar-refractivity contribution in [2.24, 2.45) is 0 Å². The van der Waals surface area contributed by atoms with Gasteiger partial charge in [0.05, 0.1) is 36.3 Å². The van der Waals surface area contributed by atoms with Crippen LogP contribution >= 0.6 is 0 Å². The average molecular weight is 823 g/mol. The van der Waals surface area contributed by atoms with E-state index in [0.29, 0.717) is 51.4 Å². The molecule has 4 unspecified atom stereocenters. The molecule has 5 aromatic carbocycles. The van der Waals surface area contributed by atoms with Crippen molar-refractivity contribution in [1.82, 2.24) is 24.7 Å². The molecule has 0 radical (unpaired) electrons. The number of anilines is 2. The van der Waals surface area contributed by atoms with Crippen molar-refractivity contribution in [2.45, 2.75) is 62.8 Å². The number of nitriles is 1. The minimum absolute atomic E-state index is 0.0764. The number of aryl methyl sites for hydroxylation is 1. The van der Waals surface area contributed by atoms with Crippen LogP contribution in [0.25, 0.3) is 10.8 Å². The third kappa shape index (κ3) is 7.23. The van der Waals surface area contributed by atoms with Gasteiger partial charge in [0.15, 0.2) is 0 Å². The van der Waals surface area contributed by atoms with Crippen LogP contribution in [0.15, 0.2) is 127 Å².